The summed E-state index contributed by atoms with van der Waals surface area (Å²) in [5.41, 5.74) is 22.1. The minimum atomic E-state index is 0.207. The van der Waals surface area contributed by atoms with E-state index in [0.717, 1.165) is 40.7 Å². The Kier molecular flexibility index (Phi) is 9.12. The molecule has 1 heteroatoms. The summed E-state index contributed by atoms with van der Waals surface area (Å²) < 4.78 is 0. The van der Waals surface area contributed by atoms with Gasteiger partial charge in [-0.2, -0.15) is 0 Å². The molecule has 0 atom stereocenters. The molecule has 9 aromatic rings. The largest absolute Gasteiger partial charge is 0.311 e. The molecule has 0 unspecified atom stereocenters. The predicted molar refractivity (Wildman–Crippen MR) is 272 cm³/mol. The highest BCUT2D eigenvalue weighted by Crippen LogP contribution is 2.69. The first-order valence-corrected chi connectivity index (χ1v) is 23.8. The lowest BCUT2D eigenvalue weighted by Gasteiger charge is -2.61. The van der Waals surface area contributed by atoms with Gasteiger partial charge in [-0.05, 0) is 188 Å². The average Bonchev–Trinajstić information content (AvgIpc) is 3.67. The minimum Gasteiger partial charge on any atom is -0.311 e. The van der Waals surface area contributed by atoms with Crippen LogP contribution in [0.15, 0.2) is 224 Å². The molecule has 0 radical (unpaired) electrons. The number of rotatable bonds is 8. The van der Waals surface area contributed by atoms with Gasteiger partial charge < -0.3 is 4.90 Å². The lowest BCUT2D eigenvalue weighted by molar-refractivity contribution is -0.0399. The third-order valence-electron chi connectivity index (χ3n) is 15.9. The first-order chi connectivity index (χ1) is 32.2. The van der Waals surface area contributed by atoms with Crippen molar-refractivity contribution in [2.75, 3.05) is 4.90 Å². The molecule has 0 aliphatic heterocycles. The summed E-state index contributed by atoms with van der Waals surface area (Å²) in [6.07, 6.45) is 7.15. The molecule has 312 valence electrons. The highest BCUT2D eigenvalue weighted by molar-refractivity contribution is 5.87. The topological polar surface area (TPSA) is 3.24 Å². The molecule has 0 amide bonds. The van der Waals surface area contributed by atoms with Crippen molar-refractivity contribution in [2.24, 2.45) is 23.7 Å². The molecular weight excluding hydrogens is 783 g/mol. The fourth-order valence-electron chi connectivity index (χ4n) is 13.2. The molecule has 4 saturated carbocycles. The van der Waals surface area contributed by atoms with Gasteiger partial charge in [0.15, 0.2) is 0 Å². The minimum absolute atomic E-state index is 0.207. The molecule has 0 saturated heterocycles. The number of nitrogens with zero attached hydrogens (tertiary/aromatic N) is 1. The zero-order chi connectivity index (χ0) is 42.9. The third kappa shape index (κ3) is 6.43. The molecule has 0 aromatic heterocycles. The molecule has 5 aliphatic carbocycles. The van der Waals surface area contributed by atoms with E-state index in [-0.39, 0.29) is 5.41 Å². The fourth-order valence-corrected chi connectivity index (χ4v) is 13.2. The summed E-state index contributed by atoms with van der Waals surface area (Å²) in [5.74, 6) is 3.47. The van der Waals surface area contributed by atoms with Crippen molar-refractivity contribution in [3.63, 3.8) is 0 Å². The normalized spacial score (nSPS) is 21.0. The first-order valence-electron chi connectivity index (χ1n) is 23.8. The van der Waals surface area contributed by atoms with E-state index < -0.39 is 0 Å². The Morgan fingerprint density at radius 2 is 0.631 bits per heavy atom. The maximum atomic E-state index is 2.55. The Labute approximate surface area is 383 Å². The molecule has 9 aromatic carbocycles. The highest BCUT2D eigenvalue weighted by atomic mass is 15.1. The quantitative estimate of drug-likeness (QED) is 0.147. The van der Waals surface area contributed by atoms with E-state index in [0.29, 0.717) is 0 Å². The lowest BCUT2D eigenvalue weighted by atomic mass is 9.43. The van der Waals surface area contributed by atoms with Crippen LogP contribution in [0.1, 0.15) is 43.2 Å². The van der Waals surface area contributed by atoms with Crippen LogP contribution >= 0.6 is 0 Å². The van der Waals surface area contributed by atoms with Crippen molar-refractivity contribution in [3.05, 3.63) is 236 Å². The monoisotopic (exact) mass is 833 g/mol. The fraction of sp³-hybridized carbons (Fsp3) is 0.156. The Morgan fingerprint density at radius 3 is 1.12 bits per heavy atom. The molecular formula is C64H51N. The Hall–Kier alpha value is -7.22. The number of benzene rings is 9. The smallest absolute Gasteiger partial charge is 0.0462 e. The average molecular weight is 834 g/mol. The molecule has 1 spiro atoms. The van der Waals surface area contributed by atoms with Gasteiger partial charge in [-0.15, -0.1) is 0 Å². The second kappa shape index (κ2) is 15.5. The van der Waals surface area contributed by atoms with Crippen LogP contribution in [-0.2, 0) is 5.41 Å². The molecule has 1 nitrogen and oxygen atoms in total. The van der Waals surface area contributed by atoms with E-state index in [1.807, 2.05) is 0 Å². The molecule has 5 aliphatic rings. The summed E-state index contributed by atoms with van der Waals surface area (Å²) in [7, 11) is 0. The van der Waals surface area contributed by atoms with Gasteiger partial charge in [0.1, 0.15) is 0 Å². The maximum Gasteiger partial charge on any atom is 0.0462 e. The summed E-state index contributed by atoms with van der Waals surface area (Å²) in [5, 5.41) is 0. The third-order valence-corrected chi connectivity index (χ3v) is 15.9. The number of anilines is 3. The number of hydrogen-bond acceptors (Lipinski definition) is 1. The first kappa shape index (κ1) is 38.3. The van der Waals surface area contributed by atoms with Crippen molar-refractivity contribution in [3.8, 4) is 66.8 Å². The van der Waals surface area contributed by atoms with E-state index in [4.69, 9.17) is 0 Å². The number of hydrogen-bond donors (Lipinski definition) is 0. The molecule has 65 heavy (non-hydrogen) atoms. The standard InChI is InChI=1S/C64H51N/c1-3-11-45(12-4-1)47-21-28-57(29-22-47)65(58-30-23-48(24-31-58)46-13-5-2-6-14-46)59-32-25-49(26-33-59)50-15-9-16-51(40-50)52-17-10-18-53(41-52)54-27-34-63-61(42-54)60-19-7-8-20-62(60)64(63)55-36-43-35-44(38-55)39-56(64)37-43/h1-34,40-44,55-56H,35-39H2. The van der Waals surface area contributed by atoms with E-state index in [1.54, 1.807) is 11.1 Å². The van der Waals surface area contributed by atoms with E-state index in [1.165, 1.54) is 98.9 Å². The van der Waals surface area contributed by atoms with Crippen LogP contribution in [0.5, 0.6) is 0 Å². The molecule has 14 rings (SSSR count). The molecule has 0 heterocycles. The van der Waals surface area contributed by atoms with Crippen LogP contribution in [0.2, 0.25) is 0 Å². The van der Waals surface area contributed by atoms with Crippen molar-refractivity contribution in [1.82, 2.24) is 0 Å². The Morgan fingerprint density at radius 1 is 0.277 bits per heavy atom. The Balaban J connectivity index is 0.807. The van der Waals surface area contributed by atoms with Gasteiger partial charge >= 0.3 is 0 Å². The van der Waals surface area contributed by atoms with Crippen LogP contribution in [0.4, 0.5) is 17.1 Å². The second-order valence-corrected chi connectivity index (χ2v) is 19.3. The van der Waals surface area contributed by atoms with Crippen molar-refractivity contribution in [1.29, 1.82) is 0 Å². The molecule has 4 fully saturated rings. The lowest BCUT2D eigenvalue weighted by Crippen LogP contribution is -2.55. The van der Waals surface area contributed by atoms with Crippen LogP contribution < -0.4 is 4.90 Å². The van der Waals surface area contributed by atoms with Crippen molar-refractivity contribution < 1.29 is 0 Å². The van der Waals surface area contributed by atoms with Crippen LogP contribution in [0.25, 0.3) is 66.8 Å². The number of fused-ring (bicyclic) bond motifs is 3. The van der Waals surface area contributed by atoms with E-state index in [2.05, 4.69) is 229 Å². The summed E-state index contributed by atoms with van der Waals surface area (Å²) in [6.45, 7) is 0. The SMILES string of the molecule is c1ccc(-c2ccc(N(c3ccc(-c4ccccc4)cc3)c3ccc(-c4cccc(-c5cccc(-c6ccc7c(c6)-c6ccccc6C76C7CC8CC(C7)CC6C8)c5)c4)cc3)cc2)cc1. The van der Waals surface area contributed by atoms with Gasteiger partial charge in [0.05, 0.1) is 0 Å². The second-order valence-electron chi connectivity index (χ2n) is 19.3. The summed E-state index contributed by atoms with van der Waals surface area (Å²) >= 11 is 0. The Bertz CT molecular complexity index is 3070. The molecule has 4 bridgehead atoms. The highest BCUT2D eigenvalue weighted by Gasteiger charge is 2.61. The van der Waals surface area contributed by atoms with Gasteiger partial charge in [0, 0.05) is 22.5 Å². The van der Waals surface area contributed by atoms with Crippen LogP contribution in [0, 0.1) is 23.7 Å². The van der Waals surface area contributed by atoms with Gasteiger partial charge in [0.25, 0.3) is 0 Å². The van der Waals surface area contributed by atoms with Crippen molar-refractivity contribution >= 4 is 17.1 Å². The van der Waals surface area contributed by atoms with Gasteiger partial charge in [-0.25, -0.2) is 0 Å². The van der Waals surface area contributed by atoms with Gasteiger partial charge in [0.2, 0.25) is 0 Å². The van der Waals surface area contributed by atoms with E-state index in [9.17, 15) is 0 Å². The van der Waals surface area contributed by atoms with Gasteiger partial charge in [-0.3, -0.25) is 0 Å². The summed E-state index contributed by atoms with van der Waals surface area (Å²) in [6, 6.07) is 83.4. The van der Waals surface area contributed by atoms with Crippen molar-refractivity contribution in [2.45, 2.75) is 37.5 Å². The van der Waals surface area contributed by atoms with Crippen LogP contribution in [-0.4, -0.2) is 0 Å². The zero-order valence-electron chi connectivity index (χ0n) is 36.7. The zero-order valence-corrected chi connectivity index (χ0v) is 36.7. The molecule has 0 N–H and O–H groups in total. The van der Waals surface area contributed by atoms with E-state index >= 15 is 0 Å². The van der Waals surface area contributed by atoms with Gasteiger partial charge in [-0.1, -0.05) is 170 Å². The predicted octanol–water partition coefficient (Wildman–Crippen LogP) is 17.2. The maximum absolute atomic E-state index is 2.55. The summed E-state index contributed by atoms with van der Waals surface area (Å²) in [4.78, 5) is 2.36. The van der Waals surface area contributed by atoms with Crippen LogP contribution in [0.3, 0.4) is 0 Å².